The van der Waals surface area contributed by atoms with Crippen LogP contribution in [-0.2, 0) is 14.6 Å². The normalized spacial score (nSPS) is 26.4. The van der Waals surface area contributed by atoms with E-state index in [0.29, 0.717) is 24.5 Å². The molecule has 0 bridgehead atoms. The van der Waals surface area contributed by atoms with E-state index in [0.717, 1.165) is 26.0 Å². The van der Waals surface area contributed by atoms with Gasteiger partial charge in [0.2, 0.25) is 0 Å². The zero-order chi connectivity index (χ0) is 12.9. The molecular formula is C12H25NO3S. The van der Waals surface area contributed by atoms with E-state index in [1.807, 2.05) is 0 Å². The fourth-order valence-corrected chi connectivity index (χ4v) is 2.79. The number of hydrogen-bond donors (Lipinski definition) is 1. The molecule has 1 aliphatic rings. The predicted octanol–water partition coefficient (Wildman–Crippen LogP) is 1.21. The van der Waals surface area contributed by atoms with Crippen LogP contribution >= 0.6 is 0 Å². The van der Waals surface area contributed by atoms with E-state index in [1.54, 1.807) is 0 Å². The van der Waals surface area contributed by atoms with E-state index in [1.165, 1.54) is 6.26 Å². The van der Waals surface area contributed by atoms with Crippen molar-refractivity contribution in [3.63, 3.8) is 0 Å². The lowest BCUT2D eigenvalue weighted by Gasteiger charge is -2.32. The zero-order valence-corrected chi connectivity index (χ0v) is 11.9. The molecule has 2 unspecified atom stereocenters. The first-order valence-electron chi connectivity index (χ1n) is 6.41. The highest BCUT2D eigenvalue weighted by Crippen LogP contribution is 2.20. The maximum absolute atomic E-state index is 11.0. The molecule has 0 amide bonds. The van der Waals surface area contributed by atoms with Gasteiger partial charge in [-0.1, -0.05) is 13.8 Å². The second-order valence-electron chi connectivity index (χ2n) is 5.31. The Labute approximate surface area is 105 Å². The predicted molar refractivity (Wildman–Crippen MR) is 69.9 cm³/mol. The zero-order valence-electron chi connectivity index (χ0n) is 11.1. The number of sulfone groups is 1. The molecule has 1 heterocycles. The SMILES string of the molecule is CC(C)C1CC(NCCCS(C)(=O)=O)CCO1. The molecule has 1 rings (SSSR count). The lowest BCUT2D eigenvalue weighted by Crippen LogP contribution is -2.41. The fourth-order valence-electron chi connectivity index (χ4n) is 2.12. The third-order valence-corrected chi connectivity index (χ3v) is 4.21. The third kappa shape index (κ3) is 6.38. The van der Waals surface area contributed by atoms with Gasteiger partial charge in [-0.15, -0.1) is 0 Å². The number of ether oxygens (including phenoxy) is 1. The molecule has 0 aromatic carbocycles. The van der Waals surface area contributed by atoms with Gasteiger partial charge in [0.15, 0.2) is 0 Å². The van der Waals surface area contributed by atoms with Gasteiger partial charge in [-0.3, -0.25) is 0 Å². The molecule has 1 N–H and O–H groups in total. The number of rotatable bonds is 6. The molecule has 0 aromatic heterocycles. The van der Waals surface area contributed by atoms with E-state index in [2.05, 4.69) is 19.2 Å². The van der Waals surface area contributed by atoms with Crippen molar-refractivity contribution in [3.05, 3.63) is 0 Å². The van der Waals surface area contributed by atoms with Crippen LogP contribution in [0.1, 0.15) is 33.1 Å². The molecule has 17 heavy (non-hydrogen) atoms. The lowest BCUT2D eigenvalue weighted by atomic mass is 9.95. The van der Waals surface area contributed by atoms with Gasteiger partial charge in [0.1, 0.15) is 9.84 Å². The Bertz CT molecular complexity index is 314. The van der Waals surface area contributed by atoms with Gasteiger partial charge in [-0.2, -0.15) is 0 Å². The summed E-state index contributed by atoms with van der Waals surface area (Å²) in [4.78, 5) is 0. The minimum Gasteiger partial charge on any atom is -0.378 e. The topological polar surface area (TPSA) is 55.4 Å². The van der Waals surface area contributed by atoms with Crippen LogP contribution < -0.4 is 5.32 Å². The third-order valence-electron chi connectivity index (χ3n) is 3.18. The summed E-state index contributed by atoms with van der Waals surface area (Å²) in [6.07, 6.45) is 4.40. The van der Waals surface area contributed by atoms with Crippen LogP contribution in [0.2, 0.25) is 0 Å². The average molecular weight is 263 g/mol. The van der Waals surface area contributed by atoms with Crippen molar-refractivity contribution >= 4 is 9.84 Å². The van der Waals surface area contributed by atoms with Gasteiger partial charge in [-0.05, 0) is 31.7 Å². The van der Waals surface area contributed by atoms with E-state index in [-0.39, 0.29) is 5.75 Å². The largest absolute Gasteiger partial charge is 0.378 e. The highest BCUT2D eigenvalue weighted by Gasteiger charge is 2.24. The Balaban J connectivity index is 2.19. The van der Waals surface area contributed by atoms with Gasteiger partial charge in [0.25, 0.3) is 0 Å². The molecule has 0 saturated carbocycles. The maximum atomic E-state index is 11.0. The quantitative estimate of drug-likeness (QED) is 0.732. The molecule has 0 radical (unpaired) electrons. The van der Waals surface area contributed by atoms with Crippen molar-refractivity contribution in [2.45, 2.75) is 45.3 Å². The molecule has 102 valence electrons. The maximum Gasteiger partial charge on any atom is 0.147 e. The Morgan fingerprint density at radius 3 is 2.71 bits per heavy atom. The molecule has 5 heteroatoms. The smallest absolute Gasteiger partial charge is 0.147 e. The first kappa shape index (κ1) is 14.9. The van der Waals surface area contributed by atoms with Crippen LogP contribution in [0.25, 0.3) is 0 Å². The van der Waals surface area contributed by atoms with Crippen molar-refractivity contribution in [2.24, 2.45) is 5.92 Å². The van der Waals surface area contributed by atoms with Crippen molar-refractivity contribution in [1.82, 2.24) is 5.32 Å². The number of nitrogens with one attached hydrogen (secondary N) is 1. The first-order valence-corrected chi connectivity index (χ1v) is 8.47. The summed E-state index contributed by atoms with van der Waals surface area (Å²) >= 11 is 0. The van der Waals surface area contributed by atoms with Crippen LogP contribution in [0.4, 0.5) is 0 Å². The van der Waals surface area contributed by atoms with Crippen molar-refractivity contribution < 1.29 is 13.2 Å². The molecule has 0 aliphatic carbocycles. The lowest BCUT2D eigenvalue weighted by molar-refractivity contribution is -0.0242. The summed E-state index contributed by atoms with van der Waals surface area (Å²) in [5.74, 6) is 0.826. The minimum atomic E-state index is -2.82. The Morgan fingerprint density at radius 1 is 1.41 bits per heavy atom. The summed E-state index contributed by atoms with van der Waals surface area (Å²) in [5, 5.41) is 3.43. The average Bonchev–Trinajstić information content (AvgIpc) is 2.23. The second kappa shape index (κ2) is 6.71. The molecule has 4 nitrogen and oxygen atoms in total. The molecular weight excluding hydrogens is 238 g/mol. The van der Waals surface area contributed by atoms with Crippen LogP contribution in [-0.4, -0.2) is 45.7 Å². The van der Waals surface area contributed by atoms with Crippen LogP contribution in [0.5, 0.6) is 0 Å². The Hall–Kier alpha value is -0.130. The van der Waals surface area contributed by atoms with Gasteiger partial charge in [-0.25, -0.2) is 8.42 Å². The molecule has 1 saturated heterocycles. The van der Waals surface area contributed by atoms with E-state index in [9.17, 15) is 8.42 Å². The Morgan fingerprint density at radius 2 is 2.12 bits per heavy atom. The minimum absolute atomic E-state index is 0.275. The van der Waals surface area contributed by atoms with Gasteiger partial charge >= 0.3 is 0 Å². The first-order chi connectivity index (χ1) is 7.88. The second-order valence-corrected chi connectivity index (χ2v) is 7.57. The van der Waals surface area contributed by atoms with Crippen molar-refractivity contribution in [3.8, 4) is 0 Å². The van der Waals surface area contributed by atoms with E-state index >= 15 is 0 Å². The standard InChI is InChI=1S/C12H25NO3S/c1-10(2)12-9-11(5-7-16-12)13-6-4-8-17(3,14)15/h10-13H,4-9H2,1-3H3. The molecule has 2 atom stereocenters. The summed E-state index contributed by atoms with van der Waals surface area (Å²) in [5.41, 5.74) is 0. The van der Waals surface area contributed by atoms with Gasteiger partial charge in [0, 0.05) is 18.9 Å². The summed E-state index contributed by atoms with van der Waals surface area (Å²) in [7, 11) is -2.82. The highest BCUT2D eigenvalue weighted by molar-refractivity contribution is 7.90. The summed E-state index contributed by atoms with van der Waals surface area (Å²) < 4.78 is 27.6. The molecule has 0 aromatic rings. The van der Waals surface area contributed by atoms with E-state index in [4.69, 9.17) is 4.74 Å². The monoisotopic (exact) mass is 263 g/mol. The molecule has 1 fully saturated rings. The molecule has 1 aliphatic heterocycles. The van der Waals surface area contributed by atoms with E-state index < -0.39 is 9.84 Å². The van der Waals surface area contributed by atoms with Crippen LogP contribution in [0.3, 0.4) is 0 Å². The summed E-state index contributed by atoms with van der Waals surface area (Å²) in [6, 6.07) is 0.482. The molecule has 0 spiro atoms. The highest BCUT2D eigenvalue weighted by atomic mass is 32.2. The van der Waals surface area contributed by atoms with Gasteiger partial charge in [0.05, 0.1) is 11.9 Å². The fraction of sp³-hybridized carbons (Fsp3) is 1.00. The number of hydrogen-bond acceptors (Lipinski definition) is 4. The Kier molecular flexibility index (Phi) is 5.89. The van der Waals surface area contributed by atoms with Crippen LogP contribution in [0, 0.1) is 5.92 Å². The summed E-state index contributed by atoms with van der Waals surface area (Å²) in [6.45, 7) is 5.95. The van der Waals surface area contributed by atoms with Gasteiger partial charge < -0.3 is 10.1 Å². The van der Waals surface area contributed by atoms with Crippen molar-refractivity contribution in [1.29, 1.82) is 0 Å². The van der Waals surface area contributed by atoms with Crippen LogP contribution in [0.15, 0.2) is 0 Å². The van der Waals surface area contributed by atoms with Crippen molar-refractivity contribution in [2.75, 3.05) is 25.2 Å².